The molecule has 18 heavy (non-hydrogen) atoms. The molecule has 0 aromatic carbocycles. The van der Waals surface area contributed by atoms with Gasteiger partial charge in [0.15, 0.2) is 0 Å². The second-order valence-electron chi connectivity index (χ2n) is 3.55. The molecule has 0 atom stereocenters. The van der Waals surface area contributed by atoms with E-state index < -0.39 is 11.2 Å². The highest BCUT2D eigenvalue weighted by Crippen LogP contribution is 2.08. The molecule has 1 N–H and O–H groups in total. The Kier molecular flexibility index (Phi) is 3.47. The number of nitrogens with one attached hydrogen (secondary N) is 1. The van der Waals surface area contributed by atoms with Crippen molar-refractivity contribution in [2.24, 2.45) is 0 Å². The van der Waals surface area contributed by atoms with Crippen LogP contribution in [0.4, 0.5) is 0 Å². The summed E-state index contributed by atoms with van der Waals surface area (Å²) in [5.74, 6) is 0.422. The van der Waals surface area contributed by atoms with Gasteiger partial charge in [-0.2, -0.15) is 0 Å². The molecule has 0 unspecified atom stereocenters. The van der Waals surface area contributed by atoms with Gasteiger partial charge in [-0.3, -0.25) is 14.3 Å². The zero-order valence-corrected chi connectivity index (χ0v) is 10.3. The van der Waals surface area contributed by atoms with Gasteiger partial charge in [0.25, 0.3) is 5.56 Å². The molecule has 0 aliphatic heterocycles. The van der Waals surface area contributed by atoms with Gasteiger partial charge in [-0.25, -0.2) is 9.78 Å². The molecule has 0 radical (unpaired) electrons. The number of hydrogen-bond acceptors (Lipinski definition) is 4. The summed E-state index contributed by atoms with van der Waals surface area (Å²) >= 11 is 5.57. The van der Waals surface area contributed by atoms with Crippen LogP contribution >= 0.6 is 11.6 Å². The van der Waals surface area contributed by atoms with Gasteiger partial charge < -0.3 is 4.74 Å². The summed E-state index contributed by atoms with van der Waals surface area (Å²) in [6.07, 6.45) is 1.54. The SMILES string of the molecule is COc1cc(Cn2c(=O)cc(Cl)[nH]c2=O)ccn1. The number of hydrogen-bond donors (Lipinski definition) is 1. The highest BCUT2D eigenvalue weighted by Gasteiger charge is 2.05. The van der Waals surface area contributed by atoms with E-state index in [0.717, 1.165) is 16.2 Å². The lowest BCUT2D eigenvalue weighted by atomic mass is 10.2. The lowest BCUT2D eigenvalue weighted by Crippen LogP contribution is -2.34. The van der Waals surface area contributed by atoms with Gasteiger partial charge >= 0.3 is 5.69 Å². The number of aromatic amines is 1. The van der Waals surface area contributed by atoms with Crippen molar-refractivity contribution < 1.29 is 4.74 Å². The van der Waals surface area contributed by atoms with Crippen LogP contribution in [0.15, 0.2) is 34.0 Å². The van der Waals surface area contributed by atoms with Crippen molar-refractivity contribution >= 4 is 11.6 Å². The maximum atomic E-state index is 11.6. The molecular formula is C11H10ClN3O3. The smallest absolute Gasteiger partial charge is 0.329 e. The number of aromatic nitrogens is 3. The van der Waals surface area contributed by atoms with E-state index in [1.165, 1.54) is 7.11 Å². The van der Waals surface area contributed by atoms with Gasteiger partial charge in [0.2, 0.25) is 5.88 Å². The summed E-state index contributed by atoms with van der Waals surface area (Å²) in [6, 6.07) is 4.50. The van der Waals surface area contributed by atoms with E-state index in [1.54, 1.807) is 18.3 Å². The average Bonchev–Trinajstić information content (AvgIpc) is 2.34. The summed E-state index contributed by atoms with van der Waals surface area (Å²) < 4.78 is 6.01. The number of H-pyrrole nitrogens is 1. The lowest BCUT2D eigenvalue weighted by molar-refractivity contribution is 0.397. The second kappa shape index (κ2) is 5.05. The van der Waals surface area contributed by atoms with Crippen molar-refractivity contribution in [3.8, 4) is 5.88 Å². The molecule has 7 heteroatoms. The van der Waals surface area contributed by atoms with E-state index in [-0.39, 0.29) is 11.7 Å². The fraction of sp³-hybridized carbons (Fsp3) is 0.182. The minimum absolute atomic E-state index is 0.0218. The number of ether oxygens (including phenoxy) is 1. The maximum absolute atomic E-state index is 11.6. The Labute approximate surface area is 107 Å². The third-order valence-corrected chi connectivity index (χ3v) is 2.54. The van der Waals surface area contributed by atoms with Crippen LogP contribution in [-0.4, -0.2) is 21.6 Å². The molecule has 6 nitrogen and oxygen atoms in total. The maximum Gasteiger partial charge on any atom is 0.329 e. The molecule has 0 saturated heterocycles. The molecular weight excluding hydrogens is 258 g/mol. The van der Waals surface area contributed by atoms with Crippen LogP contribution in [0, 0.1) is 0 Å². The van der Waals surface area contributed by atoms with E-state index in [4.69, 9.17) is 16.3 Å². The first-order valence-electron chi connectivity index (χ1n) is 5.09. The van der Waals surface area contributed by atoms with Crippen molar-refractivity contribution in [1.82, 2.24) is 14.5 Å². The van der Waals surface area contributed by atoms with Crippen LogP contribution in [0.25, 0.3) is 0 Å². The van der Waals surface area contributed by atoms with E-state index in [9.17, 15) is 9.59 Å². The van der Waals surface area contributed by atoms with Crippen molar-refractivity contribution in [3.05, 3.63) is 56.0 Å². The lowest BCUT2D eigenvalue weighted by Gasteiger charge is -2.05. The third kappa shape index (κ3) is 2.60. The molecule has 0 aliphatic carbocycles. The molecule has 2 aromatic rings. The highest BCUT2D eigenvalue weighted by molar-refractivity contribution is 6.29. The Bertz CT molecular complexity index is 646. The normalized spacial score (nSPS) is 10.3. The summed E-state index contributed by atoms with van der Waals surface area (Å²) in [6.45, 7) is 0.129. The average molecular weight is 268 g/mol. The number of methoxy groups -OCH3 is 1. The van der Waals surface area contributed by atoms with Crippen LogP contribution in [-0.2, 0) is 6.54 Å². The topological polar surface area (TPSA) is 77.0 Å². The number of rotatable bonds is 3. The molecule has 0 fully saturated rings. The first-order valence-corrected chi connectivity index (χ1v) is 5.46. The summed E-state index contributed by atoms with van der Waals surface area (Å²) in [5.41, 5.74) is -0.278. The van der Waals surface area contributed by atoms with Gasteiger partial charge in [-0.1, -0.05) is 11.6 Å². The monoisotopic (exact) mass is 267 g/mol. The van der Waals surface area contributed by atoms with Crippen LogP contribution < -0.4 is 16.0 Å². The van der Waals surface area contributed by atoms with Gasteiger partial charge in [-0.05, 0) is 11.6 Å². The van der Waals surface area contributed by atoms with Gasteiger partial charge in [0.1, 0.15) is 5.15 Å². The zero-order chi connectivity index (χ0) is 13.1. The van der Waals surface area contributed by atoms with Crippen LogP contribution in [0.1, 0.15) is 5.56 Å². The number of pyridine rings is 1. The molecule has 2 heterocycles. The molecule has 94 valence electrons. The van der Waals surface area contributed by atoms with E-state index >= 15 is 0 Å². The Balaban J connectivity index is 2.40. The Morgan fingerprint density at radius 3 is 2.89 bits per heavy atom. The molecule has 0 amide bonds. The largest absolute Gasteiger partial charge is 0.481 e. The predicted molar refractivity (Wildman–Crippen MR) is 66.2 cm³/mol. The second-order valence-corrected chi connectivity index (χ2v) is 3.96. The minimum atomic E-state index is -0.553. The van der Waals surface area contributed by atoms with Crippen molar-refractivity contribution in [2.45, 2.75) is 6.54 Å². The van der Waals surface area contributed by atoms with Crippen LogP contribution in [0.2, 0.25) is 5.15 Å². The third-order valence-electron chi connectivity index (χ3n) is 2.34. The van der Waals surface area contributed by atoms with Crippen LogP contribution in [0.3, 0.4) is 0 Å². The van der Waals surface area contributed by atoms with Crippen LogP contribution in [0.5, 0.6) is 5.88 Å². The molecule has 0 bridgehead atoms. The molecule has 2 aromatic heterocycles. The van der Waals surface area contributed by atoms with Crippen molar-refractivity contribution in [2.75, 3.05) is 7.11 Å². The quantitative estimate of drug-likeness (QED) is 0.828. The fourth-order valence-electron chi connectivity index (χ4n) is 1.48. The number of halogens is 1. The van der Waals surface area contributed by atoms with Gasteiger partial charge in [0, 0.05) is 18.3 Å². The summed E-state index contributed by atoms with van der Waals surface area (Å²) in [7, 11) is 1.49. The fourth-order valence-corrected chi connectivity index (χ4v) is 1.66. The van der Waals surface area contributed by atoms with Gasteiger partial charge in [-0.15, -0.1) is 0 Å². The standard InChI is InChI=1S/C11H10ClN3O3/c1-18-9-4-7(2-3-13-9)6-15-10(16)5-8(12)14-11(15)17/h2-5H,6H2,1H3,(H,14,17). The van der Waals surface area contributed by atoms with Gasteiger partial charge in [0.05, 0.1) is 13.7 Å². The first-order chi connectivity index (χ1) is 8.60. The Morgan fingerprint density at radius 1 is 1.44 bits per heavy atom. The Morgan fingerprint density at radius 2 is 2.22 bits per heavy atom. The van der Waals surface area contributed by atoms with E-state index in [2.05, 4.69) is 9.97 Å². The molecule has 0 spiro atoms. The van der Waals surface area contributed by atoms with Crippen molar-refractivity contribution in [1.29, 1.82) is 0 Å². The molecule has 2 rings (SSSR count). The predicted octanol–water partition coefficient (Wildman–Crippen LogP) is 0.642. The van der Waals surface area contributed by atoms with E-state index in [0.29, 0.717) is 5.88 Å². The summed E-state index contributed by atoms with van der Waals surface area (Å²) in [4.78, 5) is 29.5. The van der Waals surface area contributed by atoms with Crippen molar-refractivity contribution in [3.63, 3.8) is 0 Å². The highest BCUT2D eigenvalue weighted by atomic mass is 35.5. The number of nitrogens with zero attached hydrogens (tertiary/aromatic N) is 2. The zero-order valence-electron chi connectivity index (χ0n) is 9.51. The molecule has 0 aliphatic rings. The van der Waals surface area contributed by atoms with E-state index in [1.807, 2.05) is 0 Å². The summed E-state index contributed by atoms with van der Waals surface area (Å²) in [5, 5.41) is 0.0218. The molecule has 0 saturated carbocycles. The Hall–Kier alpha value is -2.08. The minimum Gasteiger partial charge on any atom is -0.481 e. The first kappa shape index (κ1) is 12.4.